The summed E-state index contributed by atoms with van der Waals surface area (Å²) in [6.45, 7) is 25.5. The van der Waals surface area contributed by atoms with Crippen molar-refractivity contribution in [3.05, 3.63) is 93.0 Å². The first-order chi connectivity index (χ1) is 18.0. The maximum absolute atomic E-state index is 11.9. The lowest BCUT2D eigenvalue weighted by Gasteiger charge is -2.32. The van der Waals surface area contributed by atoms with Crippen LogP contribution in [0.25, 0.3) is 0 Å². The molecule has 0 radical (unpaired) electrons. The summed E-state index contributed by atoms with van der Waals surface area (Å²) in [5.74, 6) is -1.13. The van der Waals surface area contributed by atoms with Gasteiger partial charge in [-0.25, -0.2) is 4.79 Å². The van der Waals surface area contributed by atoms with Crippen LogP contribution < -0.4 is 0 Å². The summed E-state index contributed by atoms with van der Waals surface area (Å²) in [6, 6.07) is 15.1. The highest BCUT2D eigenvalue weighted by Crippen LogP contribution is 2.49. The van der Waals surface area contributed by atoms with E-state index >= 15 is 0 Å². The van der Waals surface area contributed by atoms with Crippen molar-refractivity contribution in [2.45, 2.75) is 111 Å². The van der Waals surface area contributed by atoms with Crippen LogP contribution in [0.2, 0.25) is 0 Å². The SMILES string of the molecule is CC(C)(C)c1cc(C(c2ccc(C(=O)O)cc2)c2cc(C(C)(C)C)cc(C(C)(C)C)c2O)c(O)c(C(C)(C)C)c1. The zero-order valence-corrected chi connectivity index (χ0v) is 26.4. The molecule has 3 rings (SSSR count). The van der Waals surface area contributed by atoms with Crippen LogP contribution in [0.15, 0.2) is 48.5 Å². The highest BCUT2D eigenvalue weighted by molar-refractivity contribution is 5.87. The zero-order valence-electron chi connectivity index (χ0n) is 26.4. The van der Waals surface area contributed by atoms with Crippen molar-refractivity contribution in [2.75, 3.05) is 0 Å². The second-order valence-electron chi connectivity index (χ2n) is 15.3. The third kappa shape index (κ3) is 6.37. The molecule has 3 aromatic rings. The molecule has 0 aliphatic heterocycles. The van der Waals surface area contributed by atoms with Gasteiger partial charge < -0.3 is 15.3 Å². The molecular formula is C36H48O4. The van der Waals surface area contributed by atoms with E-state index in [1.165, 1.54) is 0 Å². The van der Waals surface area contributed by atoms with Gasteiger partial charge in [0.15, 0.2) is 0 Å². The number of carbonyl (C=O) groups is 1. The van der Waals surface area contributed by atoms with Crippen molar-refractivity contribution < 1.29 is 20.1 Å². The van der Waals surface area contributed by atoms with Gasteiger partial charge in [0.1, 0.15) is 11.5 Å². The summed E-state index contributed by atoms with van der Waals surface area (Å²) < 4.78 is 0. The van der Waals surface area contributed by atoms with Gasteiger partial charge in [0.05, 0.1) is 5.56 Å². The first-order valence-corrected chi connectivity index (χ1v) is 14.1. The lowest BCUT2D eigenvalue weighted by atomic mass is 9.72. The number of carboxylic acid groups (broad SMARTS) is 1. The Morgan fingerprint density at radius 3 is 1.20 bits per heavy atom. The predicted molar refractivity (Wildman–Crippen MR) is 165 cm³/mol. The first-order valence-electron chi connectivity index (χ1n) is 14.1. The molecule has 0 spiro atoms. The number of hydrogen-bond donors (Lipinski definition) is 3. The van der Waals surface area contributed by atoms with Gasteiger partial charge in [0.2, 0.25) is 0 Å². The number of phenolic OH excluding ortho intramolecular Hbond substituents is 2. The summed E-state index contributed by atoms with van der Waals surface area (Å²) in [5.41, 5.74) is 5.18. The van der Waals surface area contributed by atoms with Crippen LogP contribution in [0.5, 0.6) is 11.5 Å². The summed E-state index contributed by atoms with van der Waals surface area (Å²) in [5, 5.41) is 33.4. The van der Waals surface area contributed by atoms with Crippen molar-refractivity contribution in [3.63, 3.8) is 0 Å². The summed E-state index contributed by atoms with van der Waals surface area (Å²) >= 11 is 0. The fourth-order valence-electron chi connectivity index (χ4n) is 5.11. The van der Waals surface area contributed by atoms with E-state index in [0.717, 1.165) is 27.8 Å². The third-order valence-electron chi connectivity index (χ3n) is 7.74. The van der Waals surface area contributed by atoms with Gasteiger partial charge in [-0.05, 0) is 61.6 Å². The molecule has 0 saturated heterocycles. The molecule has 4 nitrogen and oxygen atoms in total. The van der Waals surface area contributed by atoms with E-state index in [9.17, 15) is 20.1 Å². The van der Waals surface area contributed by atoms with Gasteiger partial charge in [-0.1, -0.05) is 119 Å². The van der Waals surface area contributed by atoms with Crippen molar-refractivity contribution in [1.29, 1.82) is 0 Å². The summed E-state index contributed by atoms with van der Waals surface area (Å²) in [7, 11) is 0. The molecule has 0 unspecified atom stereocenters. The smallest absolute Gasteiger partial charge is 0.335 e. The molecule has 3 aromatic carbocycles. The van der Waals surface area contributed by atoms with Gasteiger partial charge >= 0.3 is 5.97 Å². The van der Waals surface area contributed by atoms with E-state index in [1.54, 1.807) is 24.3 Å². The quantitative estimate of drug-likeness (QED) is 0.286. The number of aromatic hydroxyl groups is 2. The van der Waals surface area contributed by atoms with E-state index in [0.29, 0.717) is 11.1 Å². The summed E-state index contributed by atoms with van der Waals surface area (Å²) in [6.07, 6.45) is 0. The Kier molecular flexibility index (Phi) is 8.04. The number of aromatic carboxylic acids is 1. The maximum atomic E-state index is 11.9. The van der Waals surface area contributed by atoms with Gasteiger partial charge in [-0.3, -0.25) is 0 Å². The zero-order chi connectivity index (χ0) is 30.6. The molecule has 0 aliphatic carbocycles. The average Bonchev–Trinajstić information content (AvgIpc) is 2.78. The van der Waals surface area contributed by atoms with Crippen LogP contribution in [-0.4, -0.2) is 21.3 Å². The fourth-order valence-corrected chi connectivity index (χ4v) is 5.11. The van der Waals surface area contributed by atoms with E-state index < -0.39 is 11.9 Å². The van der Waals surface area contributed by atoms with E-state index in [4.69, 9.17) is 0 Å². The van der Waals surface area contributed by atoms with Crippen molar-refractivity contribution in [2.24, 2.45) is 0 Å². The van der Waals surface area contributed by atoms with E-state index in [-0.39, 0.29) is 38.7 Å². The number of phenols is 2. The highest BCUT2D eigenvalue weighted by Gasteiger charge is 2.33. The minimum atomic E-state index is -0.997. The molecule has 0 bridgehead atoms. The van der Waals surface area contributed by atoms with Crippen molar-refractivity contribution in [3.8, 4) is 11.5 Å². The Hall–Kier alpha value is -3.27. The second kappa shape index (κ2) is 10.3. The van der Waals surface area contributed by atoms with Crippen LogP contribution >= 0.6 is 0 Å². The Bertz CT molecular complexity index is 1320. The molecule has 0 saturated carbocycles. The predicted octanol–water partition coefficient (Wildman–Crippen LogP) is 9.17. The summed E-state index contributed by atoms with van der Waals surface area (Å²) in [4.78, 5) is 11.7. The van der Waals surface area contributed by atoms with E-state index in [1.807, 2.05) is 0 Å². The highest BCUT2D eigenvalue weighted by atomic mass is 16.4. The first kappa shape index (κ1) is 31.3. The Morgan fingerprint density at radius 1 is 0.575 bits per heavy atom. The van der Waals surface area contributed by atoms with E-state index in [2.05, 4.69) is 107 Å². The molecule has 0 atom stereocenters. The Morgan fingerprint density at radius 2 is 0.925 bits per heavy atom. The lowest BCUT2D eigenvalue weighted by Crippen LogP contribution is -2.20. The van der Waals surface area contributed by atoms with Gasteiger partial charge in [-0.2, -0.15) is 0 Å². The van der Waals surface area contributed by atoms with Crippen molar-refractivity contribution >= 4 is 5.97 Å². The second-order valence-corrected chi connectivity index (χ2v) is 15.3. The number of carboxylic acids is 1. The lowest BCUT2D eigenvalue weighted by molar-refractivity contribution is 0.0697. The van der Waals surface area contributed by atoms with Crippen LogP contribution in [0.3, 0.4) is 0 Å². The Balaban J connectivity index is 2.56. The van der Waals surface area contributed by atoms with Gasteiger partial charge in [0.25, 0.3) is 0 Å². The molecule has 40 heavy (non-hydrogen) atoms. The molecule has 216 valence electrons. The molecule has 0 heterocycles. The third-order valence-corrected chi connectivity index (χ3v) is 7.74. The van der Waals surface area contributed by atoms with Crippen LogP contribution in [-0.2, 0) is 21.7 Å². The molecular weight excluding hydrogens is 496 g/mol. The maximum Gasteiger partial charge on any atom is 0.335 e. The molecule has 0 fully saturated rings. The molecule has 0 aromatic heterocycles. The average molecular weight is 545 g/mol. The molecule has 0 amide bonds. The molecule has 0 aliphatic rings. The number of benzene rings is 3. The van der Waals surface area contributed by atoms with Crippen LogP contribution in [0.4, 0.5) is 0 Å². The standard InChI is InChI=1S/C36H48O4/c1-33(2,3)23-17-25(30(37)27(19-23)35(7,8)9)29(21-13-15-22(16-14-21)32(39)40)26-18-24(34(4,5)6)20-28(31(26)38)36(10,11)12/h13-20,29,37-38H,1-12H3,(H,39,40). The fraction of sp³-hybridized carbons (Fsp3) is 0.472. The van der Waals surface area contributed by atoms with Crippen molar-refractivity contribution in [1.82, 2.24) is 0 Å². The van der Waals surface area contributed by atoms with Crippen LogP contribution in [0, 0.1) is 0 Å². The van der Waals surface area contributed by atoms with Gasteiger partial charge in [0, 0.05) is 17.0 Å². The minimum absolute atomic E-state index is 0.188. The van der Waals surface area contributed by atoms with Gasteiger partial charge in [-0.15, -0.1) is 0 Å². The largest absolute Gasteiger partial charge is 0.507 e. The molecule has 4 heteroatoms. The number of hydrogen-bond acceptors (Lipinski definition) is 3. The monoisotopic (exact) mass is 544 g/mol. The molecule has 3 N–H and O–H groups in total. The number of rotatable bonds is 4. The normalized spacial score (nSPS) is 13.1. The van der Waals surface area contributed by atoms with Crippen LogP contribution in [0.1, 0.15) is 138 Å². The topological polar surface area (TPSA) is 77.8 Å². The Labute approximate surface area is 241 Å². The minimum Gasteiger partial charge on any atom is -0.507 e.